The highest BCUT2D eigenvalue weighted by atomic mass is 16.6. The lowest BCUT2D eigenvalue weighted by molar-refractivity contribution is 0.0537. The second-order valence-corrected chi connectivity index (χ2v) is 3.52. The van der Waals surface area contributed by atoms with Crippen LogP contribution in [0, 0.1) is 0 Å². The van der Waals surface area contributed by atoms with Crippen molar-refractivity contribution in [3.05, 3.63) is 41.5 Å². The summed E-state index contributed by atoms with van der Waals surface area (Å²) >= 11 is 0. The molecule has 1 aromatic rings. The smallest absolute Gasteiger partial charge is 0.275 e. The highest BCUT2D eigenvalue weighted by molar-refractivity contribution is 5.95. The number of aliphatic hydroxyl groups is 1. The fourth-order valence-corrected chi connectivity index (χ4v) is 1.52. The van der Waals surface area contributed by atoms with E-state index in [0.29, 0.717) is 17.7 Å². The van der Waals surface area contributed by atoms with Gasteiger partial charge in [0.1, 0.15) is 5.75 Å². The first-order chi connectivity index (χ1) is 8.72. The van der Waals surface area contributed by atoms with Crippen molar-refractivity contribution in [1.82, 2.24) is 5.48 Å². The van der Waals surface area contributed by atoms with Crippen LogP contribution < -0.4 is 10.2 Å². The lowest BCUT2D eigenvalue weighted by atomic mass is 10.0. The zero-order chi connectivity index (χ0) is 13.4. The lowest BCUT2D eigenvalue weighted by Gasteiger charge is -2.09. The summed E-state index contributed by atoms with van der Waals surface area (Å²) in [6.45, 7) is -0.0242. The van der Waals surface area contributed by atoms with Crippen molar-refractivity contribution in [1.29, 1.82) is 0 Å². The minimum absolute atomic E-state index is 0.0242. The standard InChI is InChI=1S/C13H17NO4/c1-17-11-6-7-12(13(16)14-18-2)10(9-11)5-3-4-8-15/h3-4,6-7,9,15H,5,8H2,1-2H3,(H,14,16). The molecular weight excluding hydrogens is 234 g/mol. The Morgan fingerprint density at radius 2 is 2.17 bits per heavy atom. The van der Waals surface area contributed by atoms with Crippen molar-refractivity contribution in [2.75, 3.05) is 20.8 Å². The van der Waals surface area contributed by atoms with Crippen LogP contribution in [0.5, 0.6) is 5.75 Å². The molecule has 5 nitrogen and oxygen atoms in total. The number of amides is 1. The van der Waals surface area contributed by atoms with E-state index in [1.807, 2.05) is 0 Å². The maximum atomic E-state index is 11.7. The molecule has 0 saturated heterocycles. The van der Waals surface area contributed by atoms with Gasteiger partial charge in [-0.1, -0.05) is 12.2 Å². The van der Waals surface area contributed by atoms with Gasteiger partial charge in [0.05, 0.1) is 20.8 Å². The van der Waals surface area contributed by atoms with Gasteiger partial charge in [0.2, 0.25) is 0 Å². The van der Waals surface area contributed by atoms with Crippen LogP contribution in [0.3, 0.4) is 0 Å². The Labute approximate surface area is 106 Å². The molecule has 0 aliphatic heterocycles. The zero-order valence-electron chi connectivity index (χ0n) is 10.5. The molecule has 1 aromatic carbocycles. The number of aliphatic hydroxyl groups excluding tert-OH is 1. The molecule has 0 saturated carbocycles. The van der Waals surface area contributed by atoms with Gasteiger partial charge in [-0.15, -0.1) is 0 Å². The fraction of sp³-hybridized carbons (Fsp3) is 0.308. The third kappa shape index (κ3) is 3.87. The van der Waals surface area contributed by atoms with Crippen molar-refractivity contribution in [2.45, 2.75) is 6.42 Å². The Morgan fingerprint density at radius 3 is 2.78 bits per heavy atom. The molecule has 18 heavy (non-hydrogen) atoms. The van der Waals surface area contributed by atoms with Gasteiger partial charge in [-0.2, -0.15) is 0 Å². The summed E-state index contributed by atoms with van der Waals surface area (Å²) in [5.74, 6) is 0.365. The number of hydroxylamine groups is 1. The van der Waals surface area contributed by atoms with Gasteiger partial charge in [0.25, 0.3) is 5.91 Å². The average molecular weight is 251 g/mol. The topological polar surface area (TPSA) is 67.8 Å². The van der Waals surface area contributed by atoms with Gasteiger partial charge in [-0.25, -0.2) is 5.48 Å². The molecule has 98 valence electrons. The van der Waals surface area contributed by atoms with Gasteiger partial charge < -0.3 is 9.84 Å². The lowest BCUT2D eigenvalue weighted by Crippen LogP contribution is -2.23. The van der Waals surface area contributed by atoms with Crippen molar-refractivity contribution < 1.29 is 19.5 Å². The average Bonchev–Trinajstić information content (AvgIpc) is 2.39. The van der Waals surface area contributed by atoms with Gasteiger partial charge in [-0.05, 0) is 30.2 Å². The van der Waals surface area contributed by atoms with E-state index < -0.39 is 0 Å². The molecule has 0 heterocycles. The SMILES string of the molecule is CONC(=O)c1ccc(OC)cc1CC=CCO. The largest absolute Gasteiger partial charge is 0.497 e. The van der Waals surface area contributed by atoms with E-state index in [1.54, 1.807) is 37.5 Å². The van der Waals surface area contributed by atoms with E-state index in [0.717, 1.165) is 5.56 Å². The fourth-order valence-electron chi connectivity index (χ4n) is 1.52. The monoisotopic (exact) mass is 251 g/mol. The van der Waals surface area contributed by atoms with E-state index in [1.165, 1.54) is 7.11 Å². The van der Waals surface area contributed by atoms with Crippen LogP contribution in [0.4, 0.5) is 0 Å². The van der Waals surface area contributed by atoms with Gasteiger partial charge in [0.15, 0.2) is 0 Å². The van der Waals surface area contributed by atoms with Crippen LogP contribution in [-0.2, 0) is 11.3 Å². The van der Waals surface area contributed by atoms with E-state index in [9.17, 15) is 4.79 Å². The number of methoxy groups -OCH3 is 1. The molecule has 1 amide bonds. The van der Waals surface area contributed by atoms with E-state index >= 15 is 0 Å². The molecular formula is C13H17NO4. The number of carbonyl (C=O) groups excluding carboxylic acids is 1. The van der Waals surface area contributed by atoms with Gasteiger partial charge >= 0.3 is 0 Å². The Kier molecular flexibility index (Phi) is 5.90. The number of carbonyl (C=O) groups is 1. The molecule has 2 N–H and O–H groups in total. The maximum Gasteiger partial charge on any atom is 0.275 e. The number of rotatable bonds is 6. The number of ether oxygens (including phenoxy) is 1. The van der Waals surface area contributed by atoms with Crippen LogP contribution in [0.15, 0.2) is 30.4 Å². The van der Waals surface area contributed by atoms with Crippen LogP contribution in [0.25, 0.3) is 0 Å². The van der Waals surface area contributed by atoms with Crippen LogP contribution in [0.2, 0.25) is 0 Å². The zero-order valence-corrected chi connectivity index (χ0v) is 10.5. The van der Waals surface area contributed by atoms with Gasteiger partial charge in [0, 0.05) is 5.56 Å². The maximum absolute atomic E-state index is 11.7. The number of hydrogen-bond acceptors (Lipinski definition) is 4. The molecule has 0 radical (unpaired) electrons. The number of benzene rings is 1. The minimum Gasteiger partial charge on any atom is -0.497 e. The highest BCUT2D eigenvalue weighted by Crippen LogP contribution is 2.18. The second kappa shape index (κ2) is 7.47. The van der Waals surface area contributed by atoms with Crippen molar-refractivity contribution in [2.24, 2.45) is 0 Å². The summed E-state index contributed by atoms with van der Waals surface area (Å²) in [5.41, 5.74) is 3.59. The van der Waals surface area contributed by atoms with E-state index in [-0.39, 0.29) is 12.5 Å². The summed E-state index contributed by atoms with van der Waals surface area (Å²) < 4.78 is 5.12. The molecule has 0 aromatic heterocycles. The summed E-state index contributed by atoms with van der Waals surface area (Å²) in [6.07, 6.45) is 3.94. The first kappa shape index (κ1) is 14.2. The summed E-state index contributed by atoms with van der Waals surface area (Å²) in [7, 11) is 2.95. The Bertz CT molecular complexity index is 429. The molecule has 0 aliphatic rings. The molecule has 0 aliphatic carbocycles. The first-order valence-corrected chi connectivity index (χ1v) is 5.49. The summed E-state index contributed by atoms with van der Waals surface area (Å²) in [6, 6.07) is 5.17. The molecule has 5 heteroatoms. The van der Waals surface area contributed by atoms with Gasteiger partial charge in [-0.3, -0.25) is 9.63 Å². The van der Waals surface area contributed by atoms with E-state index in [2.05, 4.69) is 10.3 Å². The molecule has 0 spiro atoms. The molecule has 0 fully saturated rings. The Balaban J connectivity index is 2.99. The molecule has 0 atom stereocenters. The molecule has 0 bridgehead atoms. The second-order valence-electron chi connectivity index (χ2n) is 3.52. The predicted octanol–water partition coefficient (Wildman–Crippen LogP) is 1.08. The predicted molar refractivity (Wildman–Crippen MR) is 67.4 cm³/mol. The quantitative estimate of drug-likeness (QED) is 0.586. The van der Waals surface area contributed by atoms with Crippen molar-refractivity contribution >= 4 is 5.91 Å². The van der Waals surface area contributed by atoms with Crippen molar-refractivity contribution in [3.63, 3.8) is 0 Å². The summed E-state index contributed by atoms with van der Waals surface area (Å²) in [4.78, 5) is 16.4. The number of allylic oxidation sites excluding steroid dienone is 1. The normalized spacial score (nSPS) is 10.6. The molecule has 1 rings (SSSR count). The Morgan fingerprint density at radius 1 is 1.39 bits per heavy atom. The minimum atomic E-state index is -0.312. The Hall–Kier alpha value is -1.85. The van der Waals surface area contributed by atoms with Crippen LogP contribution >= 0.6 is 0 Å². The van der Waals surface area contributed by atoms with Crippen LogP contribution in [-0.4, -0.2) is 31.8 Å². The highest BCUT2D eigenvalue weighted by Gasteiger charge is 2.11. The molecule has 0 unspecified atom stereocenters. The number of nitrogens with one attached hydrogen (secondary N) is 1. The third-order valence-electron chi connectivity index (χ3n) is 2.36. The van der Waals surface area contributed by atoms with Crippen LogP contribution in [0.1, 0.15) is 15.9 Å². The number of hydrogen-bond donors (Lipinski definition) is 2. The third-order valence-corrected chi connectivity index (χ3v) is 2.36. The van der Waals surface area contributed by atoms with E-state index in [4.69, 9.17) is 9.84 Å². The van der Waals surface area contributed by atoms with Crippen molar-refractivity contribution in [3.8, 4) is 5.75 Å². The summed E-state index contributed by atoms with van der Waals surface area (Å²) in [5, 5.41) is 8.70. The first-order valence-electron chi connectivity index (χ1n) is 5.49.